The molecule has 2 aromatic rings. The van der Waals surface area contributed by atoms with Crippen LogP contribution in [0.5, 0.6) is 5.75 Å². The minimum atomic E-state index is -0.391. The summed E-state index contributed by atoms with van der Waals surface area (Å²) < 4.78 is 13.7. The molecule has 0 unspecified atom stereocenters. The minimum Gasteiger partial charge on any atom is -0.496 e. The van der Waals surface area contributed by atoms with Crippen LogP contribution in [0.15, 0.2) is 29.4 Å². The van der Waals surface area contributed by atoms with E-state index in [-0.39, 0.29) is 11.6 Å². The van der Waals surface area contributed by atoms with Crippen LogP contribution >= 0.6 is 23.1 Å². The average molecular weight is 397 g/mol. The molecule has 0 radical (unpaired) electrons. The Hall–Kier alpha value is -1.63. The van der Waals surface area contributed by atoms with E-state index in [0.717, 1.165) is 5.56 Å². The molecule has 1 aromatic carbocycles. The predicted molar refractivity (Wildman–Crippen MR) is 105 cm³/mol. The number of hydrogen-bond donors (Lipinski definition) is 0. The predicted octanol–water partition coefficient (Wildman–Crippen LogP) is 4.63. The summed E-state index contributed by atoms with van der Waals surface area (Å²) in [7, 11) is 1.51. The van der Waals surface area contributed by atoms with Gasteiger partial charge < -0.3 is 9.47 Å². The number of halogens is 1. The van der Waals surface area contributed by atoms with Crippen LogP contribution in [0.25, 0.3) is 0 Å². The number of benzene rings is 1. The van der Waals surface area contributed by atoms with Gasteiger partial charge in [-0.15, -0.1) is 0 Å². The van der Waals surface area contributed by atoms with Crippen molar-refractivity contribution >= 4 is 29.0 Å². The molecule has 0 spiro atoms. The Kier molecular flexibility index (Phi) is 6.66. The van der Waals surface area contributed by atoms with Crippen molar-refractivity contribution in [3.8, 4) is 5.75 Å². The van der Waals surface area contributed by atoms with Gasteiger partial charge in [-0.1, -0.05) is 11.6 Å². The highest BCUT2D eigenvalue weighted by molar-refractivity contribution is 7.04. The fourth-order valence-electron chi connectivity index (χ4n) is 2.15. The van der Waals surface area contributed by atoms with E-state index in [1.807, 2.05) is 20.0 Å². The van der Waals surface area contributed by atoms with Gasteiger partial charge in [0.2, 0.25) is 0 Å². The molecule has 0 atom stereocenters. The molecule has 0 saturated carbocycles. The number of carbonyl (C=O) groups is 1. The lowest BCUT2D eigenvalue weighted by Crippen LogP contribution is -2.18. The number of rotatable bonds is 5. The lowest BCUT2D eigenvalue weighted by atomic mass is 10.1. The molecule has 142 valence electrons. The maximum absolute atomic E-state index is 12.7. The number of nitrogens with zero attached hydrogens (tertiary/aromatic N) is 2. The van der Waals surface area contributed by atoms with Gasteiger partial charge in [-0.3, -0.25) is 8.75 Å². The molecule has 7 heteroatoms. The Labute approximate surface area is 163 Å². The van der Waals surface area contributed by atoms with E-state index in [1.165, 1.54) is 18.6 Å². The molecule has 5 nitrogen and oxygen atoms in total. The lowest BCUT2D eigenvalue weighted by Gasteiger charge is -2.19. The first-order valence-electron chi connectivity index (χ1n) is 8.38. The number of hydrogen-bond acceptors (Lipinski definition) is 4. The van der Waals surface area contributed by atoms with E-state index < -0.39 is 5.91 Å². The van der Waals surface area contributed by atoms with E-state index >= 15 is 0 Å². The van der Waals surface area contributed by atoms with E-state index in [1.54, 1.807) is 18.2 Å². The summed E-state index contributed by atoms with van der Waals surface area (Å²) in [6, 6.07) is 4.91. The Morgan fingerprint density at radius 2 is 2.04 bits per heavy atom. The molecular weight excluding hydrogens is 372 g/mol. The van der Waals surface area contributed by atoms with Crippen molar-refractivity contribution in [2.45, 2.75) is 52.9 Å². The number of aromatic nitrogens is 1. The molecule has 0 aliphatic rings. The smallest absolute Gasteiger partial charge is 0.282 e. The summed E-state index contributed by atoms with van der Waals surface area (Å²) in [5.74, 6) is 0.0569. The number of amides is 1. The summed E-state index contributed by atoms with van der Waals surface area (Å²) in [6.45, 7) is 10.6. The molecule has 1 amide bonds. The molecule has 2 rings (SSSR count). The van der Waals surface area contributed by atoms with Crippen LogP contribution in [0.3, 0.4) is 0 Å². The highest BCUT2D eigenvalue weighted by Crippen LogP contribution is 2.23. The molecule has 0 fully saturated rings. The summed E-state index contributed by atoms with van der Waals surface area (Å²) in [4.78, 5) is 17.1. The van der Waals surface area contributed by atoms with Crippen molar-refractivity contribution in [3.63, 3.8) is 0 Å². The maximum Gasteiger partial charge on any atom is 0.282 e. The van der Waals surface area contributed by atoms with Crippen molar-refractivity contribution in [1.82, 2.24) is 3.96 Å². The second kappa shape index (κ2) is 8.37. The third-order valence-electron chi connectivity index (χ3n) is 3.56. The third-order valence-corrected chi connectivity index (χ3v) is 5.17. The van der Waals surface area contributed by atoms with Crippen LogP contribution in [0.4, 0.5) is 0 Å². The second-order valence-corrected chi connectivity index (χ2v) is 8.57. The lowest BCUT2D eigenvalue weighted by molar-refractivity contribution is 0.0651. The van der Waals surface area contributed by atoms with Crippen LogP contribution in [0.1, 0.15) is 50.5 Å². The Morgan fingerprint density at radius 1 is 1.35 bits per heavy atom. The van der Waals surface area contributed by atoms with Crippen LogP contribution in [-0.2, 0) is 16.9 Å². The van der Waals surface area contributed by atoms with Crippen molar-refractivity contribution in [2.75, 3.05) is 7.11 Å². The fourth-order valence-corrected chi connectivity index (χ4v) is 3.32. The van der Waals surface area contributed by atoms with Crippen LogP contribution in [0, 0.1) is 0 Å². The van der Waals surface area contributed by atoms with Crippen molar-refractivity contribution < 1.29 is 14.3 Å². The van der Waals surface area contributed by atoms with Crippen LogP contribution in [0.2, 0.25) is 5.02 Å². The van der Waals surface area contributed by atoms with Crippen molar-refractivity contribution in [3.05, 3.63) is 45.2 Å². The quantitative estimate of drug-likeness (QED) is 0.740. The third kappa shape index (κ3) is 5.19. The van der Waals surface area contributed by atoms with Gasteiger partial charge in [0, 0.05) is 22.3 Å². The van der Waals surface area contributed by atoms with E-state index in [0.29, 0.717) is 27.6 Å². The molecule has 0 bridgehead atoms. The van der Waals surface area contributed by atoms with Gasteiger partial charge in [-0.25, -0.2) is 0 Å². The molecular formula is C19H25ClN2O3S. The number of carbonyl (C=O) groups excluding carboxylic acids is 1. The van der Waals surface area contributed by atoms with Gasteiger partial charge >= 0.3 is 0 Å². The minimum absolute atomic E-state index is 0.0922. The highest BCUT2D eigenvalue weighted by atomic mass is 35.5. The molecule has 1 aromatic heterocycles. The van der Waals surface area contributed by atoms with Gasteiger partial charge in [0.05, 0.1) is 25.4 Å². The van der Waals surface area contributed by atoms with Gasteiger partial charge in [0.15, 0.2) is 0 Å². The van der Waals surface area contributed by atoms with Crippen molar-refractivity contribution in [2.24, 2.45) is 4.99 Å². The zero-order valence-corrected chi connectivity index (χ0v) is 17.6. The first-order valence-corrected chi connectivity index (χ1v) is 9.53. The number of methoxy groups -OCH3 is 1. The Bertz CT molecular complexity index is 847. The maximum atomic E-state index is 12.7. The second-order valence-electron chi connectivity index (χ2n) is 7.17. The van der Waals surface area contributed by atoms with E-state index in [4.69, 9.17) is 21.1 Å². The molecule has 1 heterocycles. The summed E-state index contributed by atoms with van der Waals surface area (Å²) in [5.41, 5.74) is 1.11. The average Bonchev–Trinajstić information content (AvgIpc) is 2.96. The van der Waals surface area contributed by atoms with Crippen molar-refractivity contribution in [1.29, 1.82) is 0 Å². The molecule has 26 heavy (non-hydrogen) atoms. The first kappa shape index (κ1) is 20.7. The largest absolute Gasteiger partial charge is 0.496 e. The van der Waals surface area contributed by atoms with Gasteiger partial charge in [0.25, 0.3) is 5.91 Å². The standard InChI is InChI=1S/C19H25ClN2O3S/c1-12(2)25-11-13-10-22(19(3,4)5)26-18(13)21-17(23)15-9-14(20)7-8-16(15)24-6/h7-10,12H,11H2,1-6H3/b21-18-. The van der Waals surface area contributed by atoms with E-state index in [2.05, 4.69) is 29.7 Å². The van der Waals surface area contributed by atoms with E-state index in [9.17, 15) is 4.79 Å². The normalized spacial score (nSPS) is 12.7. The number of ether oxygens (including phenoxy) is 2. The zero-order valence-electron chi connectivity index (χ0n) is 16.0. The van der Waals surface area contributed by atoms with Crippen LogP contribution in [-0.4, -0.2) is 23.1 Å². The Balaban J connectivity index is 2.49. The summed E-state index contributed by atoms with van der Waals surface area (Å²) in [5, 5.41) is 0.462. The van der Waals surface area contributed by atoms with Gasteiger partial charge in [-0.05, 0) is 64.4 Å². The topological polar surface area (TPSA) is 52.8 Å². The monoisotopic (exact) mass is 396 g/mol. The molecule has 0 aliphatic carbocycles. The highest BCUT2D eigenvalue weighted by Gasteiger charge is 2.18. The summed E-state index contributed by atoms with van der Waals surface area (Å²) >= 11 is 7.46. The molecule has 0 N–H and O–H groups in total. The summed E-state index contributed by atoms with van der Waals surface area (Å²) in [6.07, 6.45) is 2.09. The first-order chi connectivity index (χ1) is 12.1. The van der Waals surface area contributed by atoms with Gasteiger partial charge in [0.1, 0.15) is 10.4 Å². The Morgan fingerprint density at radius 3 is 2.62 bits per heavy atom. The fraction of sp³-hybridized carbons (Fsp3) is 0.474. The molecule has 0 saturated heterocycles. The molecule has 0 aliphatic heterocycles. The zero-order chi connectivity index (χ0) is 19.5. The SMILES string of the molecule is COc1ccc(Cl)cc1C(=O)/N=c1\sn(C(C)(C)C)cc1COC(C)C. The van der Waals surface area contributed by atoms with Crippen LogP contribution < -0.4 is 9.41 Å². The van der Waals surface area contributed by atoms with Gasteiger partial charge in [-0.2, -0.15) is 4.99 Å².